The summed E-state index contributed by atoms with van der Waals surface area (Å²) in [5, 5.41) is 12.3. The Bertz CT molecular complexity index is 696. The molecule has 0 unspecified atom stereocenters. The summed E-state index contributed by atoms with van der Waals surface area (Å²) in [5.74, 6) is 1.18. The number of nitrogens with zero attached hydrogens (tertiary/aromatic N) is 3. The van der Waals surface area contributed by atoms with Crippen LogP contribution < -0.4 is 5.32 Å². The predicted molar refractivity (Wildman–Crippen MR) is 87.2 cm³/mol. The zero-order chi connectivity index (χ0) is 16.1. The van der Waals surface area contributed by atoms with Gasteiger partial charge in [0.15, 0.2) is 0 Å². The lowest BCUT2D eigenvalue weighted by atomic mass is 10.1. The normalized spacial score (nSPS) is 17.8. The quantitative estimate of drug-likeness (QED) is 0.922. The van der Waals surface area contributed by atoms with Crippen molar-refractivity contribution >= 4 is 5.82 Å². The minimum Gasteiger partial charge on any atom is -0.370 e. The lowest BCUT2D eigenvalue weighted by Gasteiger charge is -2.17. The van der Waals surface area contributed by atoms with Gasteiger partial charge in [0.1, 0.15) is 11.6 Å². The fraction of sp³-hybridized carbons (Fsp3) is 0.333. The minimum absolute atomic E-state index is 0.237. The number of halogens is 1. The Morgan fingerprint density at radius 1 is 1.35 bits per heavy atom. The predicted octanol–water partition coefficient (Wildman–Crippen LogP) is 3.03. The van der Waals surface area contributed by atoms with Gasteiger partial charge in [-0.05, 0) is 49.2 Å². The first-order chi connectivity index (χ1) is 11.2. The van der Waals surface area contributed by atoms with Crippen molar-refractivity contribution in [3.05, 3.63) is 59.5 Å². The molecule has 0 bridgehead atoms. The van der Waals surface area contributed by atoms with Crippen LogP contribution in [0.5, 0.6) is 0 Å². The van der Waals surface area contributed by atoms with Crippen LogP contribution in [0.25, 0.3) is 0 Å². The molecule has 118 valence electrons. The van der Waals surface area contributed by atoms with Crippen LogP contribution >= 0.6 is 0 Å². The maximum absolute atomic E-state index is 13.9. The third-order valence-electron chi connectivity index (χ3n) is 4.18. The summed E-state index contributed by atoms with van der Waals surface area (Å²) >= 11 is 0. The van der Waals surface area contributed by atoms with Crippen LogP contribution in [-0.2, 0) is 6.54 Å². The van der Waals surface area contributed by atoms with Crippen LogP contribution in [-0.4, -0.2) is 29.5 Å². The largest absolute Gasteiger partial charge is 0.370 e. The Labute approximate surface area is 135 Å². The second-order valence-corrected chi connectivity index (χ2v) is 5.90. The fourth-order valence-corrected chi connectivity index (χ4v) is 2.95. The number of hydrogen-bond acceptors (Lipinski definition) is 4. The maximum Gasteiger partial charge on any atom is 0.127 e. The smallest absolute Gasteiger partial charge is 0.127 e. The summed E-state index contributed by atoms with van der Waals surface area (Å²) in [6.07, 6.45) is 2.85. The van der Waals surface area contributed by atoms with Crippen LogP contribution in [0, 0.1) is 23.1 Å². The highest BCUT2D eigenvalue weighted by Crippen LogP contribution is 2.21. The van der Waals surface area contributed by atoms with Gasteiger partial charge in [0.25, 0.3) is 0 Å². The molecule has 0 radical (unpaired) electrons. The third kappa shape index (κ3) is 4.05. The van der Waals surface area contributed by atoms with Gasteiger partial charge in [-0.25, -0.2) is 9.37 Å². The number of anilines is 1. The van der Waals surface area contributed by atoms with Crippen molar-refractivity contribution in [2.75, 3.05) is 25.0 Å². The van der Waals surface area contributed by atoms with Crippen molar-refractivity contribution in [1.82, 2.24) is 9.88 Å². The van der Waals surface area contributed by atoms with E-state index in [9.17, 15) is 4.39 Å². The molecule has 23 heavy (non-hydrogen) atoms. The minimum atomic E-state index is -0.237. The number of pyridine rings is 1. The van der Waals surface area contributed by atoms with E-state index in [4.69, 9.17) is 5.26 Å². The first kappa shape index (κ1) is 15.4. The summed E-state index contributed by atoms with van der Waals surface area (Å²) in [7, 11) is 0. The number of aromatic nitrogens is 1. The molecule has 1 aliphatic rings. The molecule has 1 saturated heterocycles. The number of hydrogen-bond donors (Lipinski definition) is 1. The molecule has 0 amide bonds. The van der Waals surface area contributed by atoms with Crippen molar-refractivity contribution in [3.8, 4) is 6.07 Å². The average Bonchev–Trinajstić information content (AvgIpc) is 3.03. The van der Waals surface area contributed by atoms with Crippen LogP contribution in [0.3, 0.4) is 0 Å². The molecule has 1 N–H and O–H groups in total. The van der Waals surface area contributed by atoms with E-state index in [0.29, 0.717) is 23.6 Å². The molecule has 0 spiro atoms. The van der Waals surface area contributed by atoms with Crippen molar-refractivity contribution < 1.29 is 4.39 Å². The number of rotatable bonds is 5. The van der Waals surface area contributed by atoms with Crippen molar-refractivity contribution in [2.45, 2.75) is 13.0 Å². The van der Waals surface area contributed by atoms with Gasteiger partial charge in [-0.1, -0.05) is 6.07 Å². The second-order valence-electron chi connectivity index (χ2n) is 5.90. The molecule has 0 aliphatic carbocycles. The summed E-state index contributed by atoms with van der Waals surface area (Å²) in [4.78, 5) is 6.49. The average molecular weight is 310 g/mol. The SMILES string of the molecule is N#Cc1ccc(F)c(CN2CC[C@H](CNc3ccccn3)C2)c1. The molecule has 1 aromatic heterocycles. The molecule has 5 heteroatoms. The molecule has 1 atom stereocenters. The lowest BCUT2D eigenvalue weighted by molar-refractivity contribution is 0.313. The second kappa shape index (κ2) is 7.21. The van der Waals surface area contributed by atoms with Crippen LogP contribution in [0.2, 0.25) is 0 Å². The number of benzene rings is 1. The molecule has 0 saturated carbocycles. The van der Waals surface area contributed by atoms with Crippen molar-refractivity contribution in [1.29, 1.82) is 5.26 Å². The maximum atomic E-state index is 13.9. The Hall–Kier alpha value is -2.45. The third-order valence-corrected chi connectivity index (χ3v) is 4.18. The first-order valence-corrected chi connectivity index (χ1v) is 7.80. The van der Waals surface area contributed by atoms with Gasteiger partial charge in [0.05, 0.1) is 11.6 Å². The number of likely N-dealkylation sites (tertiary alicyclic amines) is 1. The molecule has 2 heterocycles. The van der Waals surface area contributed by atoms with Gasteiger partial charge in [0.2, 0.25) is 0 Å². The topological polar surface area (TPSA) is 52.0 Å². The lowest BCUT2D eigenvalue weighted by Crippen LogP contribution is -2.23. The highest BCUT2D eigenvalue weighted by Gasteiger charge is 2.23. The molecule has 3 rings (SSSR count). The zero-order valence-corrected chi connectivity index (χ0v) is 12.9. The highest BCUT2D eigenvalue weighted by atomic mass is 19.1. The molecule has 1 fully saturated rings. The van der Waals surface area contributed by atoms with Gasteiger partial charge in [-0.2, -0.15) is 5.26 Å². The van der Waals surface area contributed by atoms with Gasteiger partial charge in [-0.3, -0.25) is 4.90 Å². The van der Waals surface area contributed by atoms with E-state index in [1.165, 1.54) is 12.1 Å². The van der Waals surface area contributed by atoms with Gasteiger partial charge in [-0.15, -0.1) is 0 Å². The Kier molecular flexibility index (Phi) is 4.84. The molecule has 4 nitrogen and oxygen atoms in total. The standard InChI is InChI=1S/C18H19FN4/c19-17-5-4-14(10-20)9-16(17)13-23-8-6-15(12-23)11-22-18-3-1-2-7-21-18/h1-5,7,9,15H,6,8,11-13H2,(H,21,22)/t15-/m1/s1. The molecule has 1 aromatic carbocycles. The van der Waals surface area contributed by atoms with E-state index >= 15 is 0 Å². The van der Waals surface area contributed by atoms with Crippen molar-refractivity contribution in [2.24, 2.45) is 5.92 Å². The summed E-state index contributed by atoms with van der Waals surface area (Å²) in [6, 6.07) is 12.4. The van der Waals surface area contributed by atoms with E-state index in [-0.39, 0.29) is 5.82 Å². The first-order valence-electron chi connectivity index (χ1n) is 7.80. The zero-order valence-electron chi connectivity index (χ0n) is 12.9. The highest BCUT2D eigenvalue weighted by molar-refractivity contribution is 5.34. The van der Waals surface area contributed by atoms with Crippen LogP contribution in [0.15, 0.2) is 42.6 Å². The van der Waals surface area contributed by atoms with E-state index in [0.717, 1.165) is 31.9 Å². The molecular weight excluding hydrogens is 291 g/mol. The Balaban J connectivity index is 1.53. The number of nitriles is 1. The Morgan fingerprint density at radius 3 is 3.04 bits per heavy atom. The molecule has 2 aromatic rings. The van der Waals surface area contributed by atoms with E-state index in [1.807, 2.05) is 18.2 Å². The monoisotopic (exact) mass is 310 g/mol. The molecular formula is C18H19FN4. The Morgan fingerprint density at radius 2 is 2.26 bits per heavy atom. The van der Waals surface area contributed by atoms with Gasteiger partial charge < -0.3 is 5.32 Å². The summed E-state index contributed by atoms with van der Waals surface area (Å²) in [5.41, 5.74) is 1.11. The van der Waals surface area contributed by atoms with E-state index < -0.39 is 0 Å². The van der Waals surface area contributed by atoms with E-state index in [1.54, 1.807) is 12.3 Å². The van der Waals surface area contributed by atoms with Crippen LogP contribution in [0.4, 0.5) is 10.2 Å². The van der Waals surface area contributed by atoms with E-state index in [2.05, 4.69) is 21.3 Å². The van der Waals surface area contributed by atoms with Gasteiger partial charge in [0, 0.05) is 31.4 Å². The summed E-state index contributed by atoms with van der Waals surface area (Å²) < 4.78 is 13.9. The fourth-order valence-electron chi connectivity index (χ4n) is 2.95. The number of nitrogens with one attached hydrogen (secondary N) is 1. The summed E-state index contributed by atoms with van der Waals surface area (Å²) in [6.45, 7) is 3.30. The van der Waals surface area contributed by atoms with Crippen molar-refractivity contribution in [3.63, 3.8) is 0 Å². The van der Waals surface area contributed by atoms with Crippen LogP contribution in [0.1, 0.15) is 17.5 Å². The van der Waals surface area contributed by atoms with Gasteiger partial charge >= 0.3 is 0 Å². The molecule has 1 aliphatic heterocycles.